The molecule has 0 aromatic carbocycles. The summed E-state index contributed by atoms with van der Waals surface area (Å²) in [4.78, 5) is 21.6. The van der Waals surface area contributed by atoms with E-state index in [1.54, 1.807) is 0 Å². The van der Waals surface area contributed by atoms with E-state index < -0.39 is 24.3 Å². The Morgan fingerprint density at radius 2 is 1.80 bits per heavy atom. The van der Waals surface area contributed by atoms with Crippen molar-refractivity contribution in [3.05, 3.63) is 0 Å². The summed E-state index contributed by atoms with van der Waals surface area (Å²) in [6.45, 7) is 5.19. The zero-order valence-electron chi connectivity index (χ0n) is 12.2. The molecule has 0 heterocycles. The van der Waals surface area contributed by atoms with Gasteiger partial charge in [0, 0.05) is 0 Å². The van der Waals surface area contributed by atoms with E-state index in [1.165, 1.54) is 0 Å². The van der Waals surface area contributed by atoms with Crippen molar-refractivity contribution in [2.45, 2.75) is 58.5 Å². The molecule has 7 heteroatoms. The lowest BCUT2D eigenvalue weighted by atomic mass is 10.3. The molecule has 118 valence electrons. The maximum atomic E-state index is 11.3. The van der Waals surface area contributed by atoms with Crippen molar-refractivity contribution in [2.75, 3.05) is 13.2 Å². The van der Waals surface area contributed by atoms with Crippen LogP contribution in [0.4, 0.5) is 0 Å². The number of carboxylic acids is 1. The number of esters is 1. The molecule has 0 saturated heterocycles. The molecule has 0 aromatic rings. The van der Waals surface area contributed by atoms with E-state index in [4.69, 9.17) is 24.4 Å². The summed E-state index contributed by atoms with van der Waals surface area (Å²) in [6, 6.07) is 0. The van der Waals surface area contributed by atoms with Gasteiger partial charge in [-0.1, -0.05) is 6.92 Å². The molecule has 20 heavy (non-hydrogen) atoms. The van der Waals surface area contributed by atoms with Gasteiger partial charge in [0.1, 0.15) is 6.61 Å². The van der Waals surface area contributed by atoms with Gasteiger partial charge in [0.05, 0.1) is 31.7 Å². The van der Waals surface area contributed by atoms with Gasteiger partial charge < -0.3 is 24.4 Å². The summed E-state index contributed by atoms with van der Waals surface area (Å²) in [7, 11) is 0. The third kappa shape index (κ3) is 9.71. The molecule has 0 radical (unpaired) electrons. The van der Waals surface area contributed by atoms with Gasteiger partial charge in [-0.05, 0) is 20.3 Å². The Bertz CT molecular complexity index is 286. The zero-order chi connectivity index (χ0) is 15.5. The molecule has 0 rings (SSSR count). The molecule has 2 N–H and O–H groups in total. The summed E-state index contributed by atoms with van der Waals surface area (Å²) < 4.78 is 15.8. The topological polar surface area (TPSA) is 102 Å². The molecule has 0 aliphatic heterocycles. The Morgan fingerprint density at radius 1 is 1.15 bits per heavy atom. The Kier molecular flexibility index (Phi) is 9.96. The van der Waals surface area contributed by atoms with Crippen molar-refractivity contribution in [1.29, 1.82) is 0 Å². The van der Waals surface area contributed by atoms with E-state index in [-0.39, 0.29) is 32.2 Å². The van der Waals surface area contributed by atoms with Gasteiger partial charge in [0.25, 0.3) is 0 Å². The van der Waals surface area contributed by atoms with Crippen LogP contribution in [0.25, 0.3) is 0 Å². The molecule has 0 bridgehead atoms. The summed E-state index contributed by atoms with van der Waals surface area (Å²) in [5.74, 6) is -1.68. The number of hydrogen-bond donors (Lipinski definition) is 2. The van der Waals surface area contributed by atoms with E-state index in [1.807, 2.05) is 20.8 Å². The van der Waals surface area contributed by atoms with Gasteiger partial charge in [-0.25, -0.2) is 0 Å². The van der Waals surface area contributed by atoms with Gasteiger partial charge >= 0.3 is 11.9 Å². The number of carboxylic acid groups (broad SMARTS) is 1. The van der Waals surface area contributed by atoms with Crippen LogP contribution in [0, 0.1) is 0 Å². The maximum absolute atomic E-state index is 11.3. The Morgan fingerprint density at radius 3 is 2.25 bits per heavy atom. The van der Waals surface area contributed by atoms with Crippen LogP contribution in [-0.4, -0.2) is 53.9 Å². The molecule has 0 amide bonds. The van der Waals surface area contributed by atoms with Gasteiger partial charge in [-0.2, -0.15) is 0 Å². The first-order valence-corrected chi connectivity index (χ1v) is 6.68. The van der Waals surface area contributed by atoms with Crippen molar-refractivity contribution in [2.24, 2.45) is 0 Å². The predicted molar refractivity (Wildman–Crippen MR) is 70.1 cm³/mol. The van der Waals surface area contributed by atoms with E-state index in [0.29, 0.717) is 6.42 Å². The minimum atomic E-state index is -1.06. The first-order valence-electron chi connectivity index (χ1n) is 6.68. The van der Waals surface area contributed by atoms with Gasteiger partial charge in [-0.15, -0.1) is 0 Å². The van der Waals surface area contributed by atoms with Crippen LogP contribution in [0.3, 0.4) is 0 Å². The highest BCUT2D eigenvalue weighted by molar-refractivity contribution is 5.76. The van der Waals surface area contributed by atoms with Gasteiger partial charge in [0.15, 0.2) is 6.29 Å². The van der Waals surface area contributed by atoms with E-state index in [2.05, 4.69) is 0 Å². The van der Waals surface area contributed by atoms with Crippen molar-refractivity contribution in [1.82, 2.24) is 0 Å². The van der Waals surface area contributed by atoms with E-state index in [0.717, 1.165) is 0 Å². The molecular formula is C13H24O7. The number of aliphatic hydroxyl groups is 1. The van der Waals surface area contributed by atoms with Crippen LogP contribution in [0.1, 0.15) is 40.0 Å². The minimum absolute atomic E-state index is 0.131. The molecule has 0 fully saturated rings. The third-order valence-electron chi connectivity index (χ3n) is 2.35. The van der Waals surface area contributed by atoms with Crippen molar-refractivity contribution >= 4 is 11.9 Å². The van der Waals surface area contributed by atoms with E-state index in [9.17, 15) is 9.59 Å². The second kappa shape index (κ2) is 10.6. The van der Waals surface area contributed by atoms with Crippen molar-refractivity contribution < 1.29 is 34.0 Å². The van der Waals surface area contributed by atoms with Crippen LogP contribution in [0.2, 0.25) is 0 Å². The highest BCUT2D eigenvalue weighted by Crippen LogP contribution is 2.08. The molecule has 0 aliphatic carbocycles. The number of aliphatic carboxylic acids is 1. The van der Waals surface area contributed by atoms with Crippen LogP contribution >= 0.6 is 0 Å². The SMILES string of the molecule is CCC(CO)OC(COC(=O)CCC(=O)O)OC(C)C. The molecule has 0 aromatic heterocycles. The van der Waals surface area contributed by atoms with Crippen LogP contribution in [-0.2, 0) is 23.8 Å². The smallest absolute Gasteiger partial charge is 0.306 e. The largest absolute Gasteiger partial charge is 0.481 e. The van der Waals surface area contributed by atoms with Crippen LogP contribution in [0.15, 0.2) is 0 Å². The molecule has 2 unspecified atom stereocenters. The summed E-state index contributed by atoms with van der Waals surface area (Å²) in [5, 5.41) is 17.5. The average molecular weight is 292 g/mol. The summed E-state index contributed by atoms with van der Waals surface area (Å²) >= 11 is 0. The second-order valence-electron chi connectivity index (χ2n) is 4.54. The quantitative estimate of drug-likeness (QED) is 0.431. The fourth-order valence-corrected chi connectivity index (χ4v) is 1.34. The van der Waals surface area contributed by atoms with Gasteiger partial charge in [0.2, 0.25) is 0 Å². The molecule has 0 spiro atoms. The average Bonchev–Trinajstić information content (AvgIpc) is 2.38. The Balaban J connectivity index is 4.21. The monoisotopic (exact) mass is 292 g/mol. The molecule has 2 atom stereocenters. The Labute approximate surface area is 118 Å². The first-order chi connectivity index (χ1) is 9.38. The number of ether oxygens (including phenoxy) is 3. The highest BCUT2D eigenvalue weighted by Gasteiger charge is 2.19. The van der Waals surface area contributed by atoms with Crippen molar-refractivity contribution in [3.8, 4) is 0 Å². The second-order valence-corrected chi connectivity index (χ2v) is 4.54. The van der Waals surface area contributed by atoms with Gasteiger partial charge in [-0.3, -0.25) is 9.59 Å². The fourth-order valence-electron chi connectivity index (χ4n) is 1.34. The predicted octanol–water partition coefficient (Wildman–Crippen LogP) is 0.933. The van der Waals surface area contributed by atoms with Crippen LogP contribution < -0.4 is 0 Å². The van der Waals surface area contributed by atoms with Crippen molar-refractivity contribution in [3.63, 3.8) is 0 Å². The molecule has 7 nitrogen and oxygen atoms in total. The minimum Gasteiger partial charge on any atom is -0.481 e. The molecular weight excluding hydrogens is 268 g/mol. The number of carbonyl (C=O) groups excluding carboxylic acids is 1. The van der Waals surface area contributed by atoms with Crippen LogP contribution in [0.5, 0.6) is 0 Å². The fraction of sp³-hybridized carbons (Fsp3) is 0.846. The lowest BCUT2D eigenvalue weighted by Crippen LogP contribution is -2.33. The Hall–Kier alpha value is -1.18. The molecule has 0 saturated carbocycles. The lowest BCUT2D eigenvalue weighted by molar-refractivity contribution is -0.217. The number of aliphatic hydroxyl groups excluding tert-OH is 1. The summed E-state index contributed by atoms with van der Waals surface area (Å²) in [5.41, 5.74) is 0. The zero-order valence-corrected chi connectivity index (χ0v) is 12.2. The lowest BCUT2D eigenvalue weighted by Gasteiger charge is -2.24. The number of hydrogen-bond acceptors (Lipinski definition) is 6. The molecule has 0 aliphatic rings. The summed E-state index contributed by atoms with van der Waals surface area (Å²) in [6.07, 6.45) is -1.17. The third-order valence-corrected chi connectivity index (χ3v) is 2.35. The normalized spacial score (nSPS) is 14.1. The number of carbonyl (C=O) groups is 2. The maximum Gasteiger partial charge on any atom is 0.306 e. The van der Waals surface area contributed by atoms with E-state index >= 15 is 0 Å². The standard InChI is InChI=1S/C13H24O7/c1-4-10(7-14)20-13(19-9(2)3)8-18-12(17)6-5-11(15)16/h9-10,13-14H,4-8H2,1-3H3,(H,15,16). The first kappa shape index (κ1) is 18.8. The number of rotatable bonds is 11. The highest BCUT2D eigenvalue weighted by atomic mass is 16.7.